The normalized spacial score (nSPS) is 21.7. The highest BCUT2D eigenvalue weighted by Crippen LogP contribution is 2.19. The molecule has 0 bridgehead atoms. The molecular weight excluding hydrogens is 334 g/mol. The van der Waals surface area contributed by atoms with Crippen molar-refractivity contribution in [1.82, 2.24) is 20.4 Å². The average Bonchev–Trinajstić information content (AvgIpc) is 3.37. The van der Waals surface area contributed by atoms with E-state index in [1.807, 2.05) is 7.05 Å². The number of guanidine groups is 1. The lowest BCUT2D eigenvalue weighted by Gasteiger charge is -2.25. The summed E-state index contributed by atoms with van der Waals surface area (Å²) in [5.74, 6) is 0.947. The Balaban J connectivity index is 1.32. The molecule has 5 nitrogen and oxygen atoms in total. The summed E-state index contributed by atoms with van der Waals surface area (Å²) in [6, 6.07) is 11.4. The molecule has 3 rings (SSSR count). The van der Waals surface area contributed by atoms with Gasteiger partial charge in [-0.15, -0.1) is 0 Å². The van der Waals surface area contributed by atoms with Crippen LogP contribution in [0, 0.1) is 0 Å². The van der Waals surface area contributed by atoms with E-state index in [1.54, 1.807) is 0 Å². The van der Waals surface area contributed by atoms with Crippen LogP contribution >= 0.6 is 0 Å². The van der Waals surface area contributed by atoms with E-state index in [4.69, 9.17) is 0 Å². The molecule has 1 atom stereocenters. The van der Waals surface area contributed by atoms with Crippen LogP contribution < -0.4 is 10.6 Å². The van der Waals surface area contributed by atoms with Crippen LogP contribution in [0.25, 0.3) is 0 Å². The largest absolute Gasteiger partial charge is 0.356 e. The summed E-state index contributed by atoms with van der Waals surface area (Å²) >= 11 is 0. The van der Waals surface area contributed by atoms with Gasteiger partial charge in [0.2, 0.25) is 0 Å². The van der Waals surface area contributed by atoms with Gasteiger partial charge in [-0.25, -0.2) is 0 Å². The van der Waals surface area contributed by atoms with Crippen LogP contribution in [0.3, 0.4) is 0 Å². The number of likely N-dealkylation sites (tertiary alicyclic amines) is 2. The van der Waals surface area contributed by atoms with Crippen LogP contribution in [0.4, 0.5) is 0 Å². The molecule has 5 heteroatoms. The molecule has 0 saturated carbocycles. The molecule has 2 aliphatic heterocycles. The first-order valence-electron chi connectivity index (χ1n) is 10.8. The van der Waals surface area contributed by atoms with Gasteiger partial charge in [0.15, 0.2) is 5.96 Å². The smallest absolute Gasteiger partial charge is 0.191 e. The number of hydrogen-bond donors (Lipinski definition) is 2. The summed E-state index contributed by atoms with van der Waals surface area (Å²) in [6.07, 6.45) is 7.82. The zero-order valence-electron chi connectivity index (χ0n) is 17.0. The van der Waals surface area contributed by atoms with Gasteiger partial charge < -0.3 is 15.5 Å². The van der Waals surface area contributed by atoms with Crippen molar-refractivity contribution >= 4 is 5.96 Å². The summed E-state index contributed by atoms with van der Waals surface area (Å²) < 4.78 is 0. The van der Waals surface area contributed by atoms with E-state index >= 15 is 0 Å². The van der Waals surface area contributed by atoms with Crippen LogP contribution in [0.1, 0.15) is 44.1 Å². The van der Waals surface area contributed by atoms with Gasteiger partial charge in [0, 0.05) is 32.7 Å². The van der Waals surface area contributed by atoms with E-state index in [-0.39, 0.29) is 0 Å². The minimum atomic E-state index is 0.596. The fourth-order valence-electron chi connectivity index (χ4n) is 4.26. The van der Waals surface area contributed by atoms with Gasteiger partial charge in [-0.05, 0) is 70.3 Å². The second-order valence-corrected chi connectivity index (χ2v) is 7.89. The highest BCUT2D eigenvalue weighted by molar-refractivity contribution is 5.79. The van der Waals surface area contributed by atoms with Gasteiger partial charge in [0.05, 0.1) is 0 Å². The molecule has 1 aromatic carbocycles. The first-order chi connectivity index (χ1) is 13.3. The molecule has 2 aliphatic rings. The number of benzene rings is 1. The minimum absolute atomic E-state index is 0.596. The third-order valence-electron chi connectivity index (χ3n) is 5.85. The Hall–Kier alpha value is -1.59. The standard InChI is InChI=1S/C22H37N5/c1-23-22(24-13-5-6-14-26-15-7-8-16-26)25-18-21-12-9-17-27(21)19-20-10-3-2-4-11-20/h2-4,10-11,21H,5-9,12-19H2,1H3,(H2,23,24,25). The second-order valence-electron chi connectivity index (χ2n) is 7.89. The molecule has 150 valence electrons. The summed E-state index contributed by atoms with van der Waals surface area (Å²) in [4.78, 5) is 9.59. The summed E-state index contributed by atoms with van der Waals surface area (Å²) in [5, 5.41) is 7.03. The van der Waals surface area contributed by atoms with Gasteiger partial charge in [-0.1, -0.05) is 30.3 Å². The molecule has 1 unspecified atom stereocenters. The maximum Gasteiger partial charge on any atom is 0.191 e. The van der Waals surface area contributed by atoms with E-state index in [0.717, 1.165) is 25.6 Å². The zero-order chi connectivity index (χ0) is 18.7. The maximum atomic E-state index is 4.40. The monoisotopic (exact) mass is 371 g/mol. The number of nitrogens with zero attached hydrogens (tertiary/aromatic N) is 3. The third kappa shape index (κ3) is 6.82. The fourth-order valence-corrected chi connectivity index (χ4v) is 4.26. The van der Waals surface area contributed by atoms with Crippen molar-refractivity contribution in [1.29, 1.82) is 0 Å². The van der Waals surface area contributed by atoms with Crippen LogP contribution in [0.5, 0.6) is 0 Å². The van der Waals surface area contributed by atoms with Gasteiger partial charge in [-0.3, -0.25) is 9.89 Å². The lowest BCUT2D eigenvalue weighted by Crippen LogP contribution is -2.45. The molecule has 2 N–H and O–H groups in total. The van der Waals surface area contributed by atoms with E-state index in [1.165, 1.54) is 70.3 Å². The van der Waals surface area contributed by atoms with E-state index in [2.05, 4.69) is 55.8 Å². The third-order valence-corrected chi connectivity index (χ3v) is 5.85. The summed E-state index contributed by atoms with van der Waals surface area (Å²) in [6.45, 7) is 8.09. The van der Waals surface area contributed by atoms with Gasteiger partial charge in [0.1, 0.15) is 0 Å². The molecule has 0 radical (unpaired) electrons. The molecule has 1 aromatic rings. The molecule has 2 heterocycles. The van der Waals surface area contributed by atoms with E-state index in [0.29, 0.717) is 6.04 Å². The number of nitrogens with one attached hydrogen (secondary N) is 2. The quantitative estimate of drug-likeness (QED) is 0.398. The van der Waals surface area contributed by atoms with E-state index < -0.39 is 0 Å². The van der Waals surface area contributed by atoms with Crippen molar-refractivity contribution < 1.29 is 0 Å². The SMILES string of the molecule is CN=C(NCCCCN1CCCC1)NCC1CCCN1Cc1ccccc1. The minimum Gasteiger partial charge on any atom is -0.356 e. The second kappa shape index (κ2) is 11.3. The van der Waals surface area contributed by atoms with Crippen molar-refractivity contribution in [2.75, 3.05) is 46.3 Å². The topological polar surface area (TPSA) is 42.9 Å². The van der Waals surface area contributed by atoms with Crippen LogP contribution in [-0.4, -0.2) is 68.1 Å². The predicted octanol–water partition coefficient (Wildman–Crippen LogP) is 2.69. The molecular formula is C22H37N5. The zero-order valence-corrected chi connectivity index (χ0v) is 17.0. The fraction of sp³-hybridized carbons (Fsp3) is 0.682. The highest BCUT2D eigenvalue weighted by Gasteiger charge is 2.24. The molecule has 0 amide bonds. The summed E-state index contributed by atoms with van der Waals surface area (Å²) in [7, 11) is 1.87. The van der Waals surface area contributed by atoms with Crippen molar-refractivity contribution in [3.05, 3.63) is 35.9 Å². The van der Waals surface area contributed by atoms with Gasteiger partial charge in [-0.2, -0.15) is 0 Å². The Kier molecular flexibility index (Phi) is 8.43. The maximum absolute atomic E-state index is 4.40. The number of hydrogen-bond acceptors (Lipinski definition) is 3. The highest BCUT2D eigenvalue weighted by atomic mass is 15.2. The Morgan fingerprint density at radius 2 is 1.85 bits per heavy atom. The summed E-state index contributed by atoms with van der Waals surface area (Å²) in [5.41, 5.74) is 1.41. The Morgan fingerprint density at radius 3 is 2.63 bits per heavy atom. The molecule has 0 spiro atoms. The molecule has 27 heavy (non-hydrogen) atoms. The van der Waals surface area contributed by atoms with Crippen molar-refractivity contribution in [3.8, 4) is 0 Å². The molecule has 0 aromatic heterocycles. The number of unbranched alkanes of at least 4 members (excludes halogenated alkanes) is 1. The predicted molar refractivity (Wildman–Crippen MR) is 114 cm³/mol. The lowest BCUT2D eigenvalue weighted by molar-refractivity contribution is 0.245. The molecule has 2 fully saturated rings. The Bertz CT molecular complexity index is 553. The van der Waals surface area contributed by atoms with Gasteiger partial charge in [0.25, 0.3) is 0 Å². The Morgan fingerprint density at radius 1 is 1.04 bits per heavy atom. The average molecular weight is 372 g/mol. The van der Waals surface area contributed by atoms with Crippen molar-refractivity contribution in [2.45, 2.75) is 51.1 Å². The van der Waals surface area contributed by atoms with Crippen LogP contribution in [-0.2, 0) is 6.54 Å². The van der Waals surface area contributed by atoms with Crippen molar-refractivity contribution in [3.63, 3.8) is 0 Å². The lowest BCUT2D eigenvalue weighted by atomic mass is 10.2. The van der Waals surface area contributed by atoms with Crippen LogP contribution in [0.2, 0.25) is 0 Å². The molecule has 2 saturated heterocycles. The first-order valence-corrected chi connectivity index (χ1v) is 10.8. The van der Waals surface area contributed by atoms with Crippen LogP contribution in [0.15, 0.2) is 35.3 Å². The van der Waals surface area contributed by atoms with Crippen molar-refractivity contribution in [2.24, 2.45) is 4.99 Å². The number of aliphatic imine (C=N–C) groups is 1. The molecule has 0 aliphatic carbocycles. The Labute approximate surface area is 165 Å². The van der Waals surface area contributed by atoms with E-state index in [9.17, 15) is 0 Å². The first kappa shape index (κ1) is 20.2. The number of rotatable bonds is 9. The van der Waals surface area contributed by atoms with Gasteiger partial charge >= 0.3 is 0 Å².